The van der Waals surface area contributed by atoms with Gasteiger partial charge in [-0.1, -0.05) is 12.1 Å². The van der Waals surface area contributed by atoms with Crippen molar-refractivity contribution in [2.45, 2.75) is 52.2 Å². The monoisotopic (exact) mass is 340 g/mol. The Morgan fingerprint density at radius 2 is 2.32 bits per heavy atom. The number of aromatic nitrogens is 3. The van der Waals surface area contributed by atoms with Crippen LogP contribution in [0.25, 0.3) is 11.0 Å². The maximum atomic E-state index is 6.11. The lowest BCUT2D eigenvalue weighted by atomic mass is 10.1. The molecule has 3 heterocycles. The fraction of sp³-hybridized carbons (Fsp3) is 0.474. The zero-order valence-corrected chi connectivity index (χ0v) is 15.0. The van der Waals surface area contributed by atoms with Crippen LogP contribution in [0.3, 0.4) is 0 Å². The normalized spacial score (nSPS) is 18.3. The maximum absolute atomic E-state index is 6.11. The summed E-state index contributed by atoms with van der Waals surface area (Å²) in [6, 6.07) is 8.60. The topological polar surface area (TPSA) is 65.1 Å². The highest BCUT2D eigenvalue weighted by atomic mass is 16.5. The Labute approximate surface area is 147 Å². The molecule has 1 N–H and O–H groups in total. The van der Waals surface area contributed by atoms with Crippen molar-refractivity contribution in [3.8, 4) is 5.75 Å². The van der Waals surface area contributed by atoms with E-state index < -0.39 is 0 Å². The quantitative estimate of drug-likeness (QED) is 0.771. The van der Waals surface area contributed by atoms with Crippen LogP contribution in [-0.2, 0) is 13.0 Å². The highest BCUT2D eigenvalue weighted by molar-refractivity contribution is 5.83. The Morgan fingerprint density at radius 3 is 3.16 bits per heavy atom. The number of fused-ring (bicyclic) bond motifs is 2. The predicted octanol–water partition coefficient (Wildman–Crippen LogP) is 3.40. The van der Waals surface area contributed by atoms with Gasteiger partial charge in [-0.05, 0) is 39.3 Å². The minimum absolute atomic E-state index is 0.123. The molecule has 0 fully saturated rings. The molecule has 1 aliphatic heterocycles. The van der Waals surface area contributed by atoms with Crippen LogP contribution in [0.4, 0.5) is 0 Å². The molecule has 0 spiro atoms. The van der Waals surface area contributed by atoms with Crippen LogP contribution in [0.2, 0.25) is 0 Å². The number of ether oxygens (including phenoxy) is 1. The molecular formula is C19H24N4O2. The van der Waals surface area contributed by atoms with Gasteiger partial charge in [0.25, 0.3) is 0 Å². The minimum Gasteiger partial charge on any atom is -0.490 e. The van der Waals surface area contributed by atoms with Crippen LogP contribution < -0.4 is 10.1 Å². The fourth-order valence-corrected chi connectivity index (χ4v) is 3.54. The Balaban J connectivity index is 1.50. The number of hydrogen-bond acceptors (Lipinski definition) is 5. The van der Waals surface area contributed by atoms with Crippen LogP contribution >= 0.6 is 0 Å². The maximum Gasteiger partial charge on any atom is 0.176 e. The van der Waals surface area contributed by atoms with Gasteiger partial charge in [-0.2, -0.15) is 5.10 Å². The number of benzene rings is 1. The van der Waals surface area contributed by atoms with Gasteiger partial charge in [0.15, 0.2) is 11.3 Å². The Bertz CT molecular complexity index is 883. The molecular weight excluding hydrogens is 316 g/mol. The highest BCUT2D eigenvalue weighted by Gasteiger charge is 2.23. The highest BCUT2D eigenvalue weighted by Crippen LogP contribution is 2.31. The van der Waals surface area contributed by atoms with Crippen LogP contribution in [-0.4, -0.2) is 27.4 Å². The molecule has 6 heteroatoms. The van der Waals surface area contributed by atoms with Crippen LogP contribution in [0.1, 0.15) is 43.7 Å². The van der Waals surface area contributed by atoms with Crippen molar-refractivity contribution in [3.63, 3.8) is 0 Å². The number of para-hydroxylation sites is 1. The smallest absolute Gasteiger partial charge is 0.176 e. The third-order valence-electron chi connectivity index (χ3n) is 4.70. The fourth-order valence-electron chi connectivity index (χ4n) is 3.54. The summed E-state index contributed by atoms with van der Waals surface area (Å²) < 4.78 is 13.8. The molecule has 6 nitrogen and oxygen atoms in total. The first-order chi connectivity index (χ1) is 12.1. The summed E-state index contributed by atoms with van der Waals surface area (Å²) in [5, 5.41) is 9.22. The zero-order chi connectivity index (χ0) is 17.4. The minimum atomic E-state index is 0.123. The van der Waals surface area contributed by atoms with E-state index in [2.05, 4.69) is 34.5 Å². The molecule has 1 aromatic carbocycles. The number of nitrogens with one attached hydrogen (secondary N) is 1. The molecule has 2 atom stereocenters. The molecule has 2 aromatic heterocycles. The Hall–Kier alpha value is -2.34. The molecule has 0 radical (unpaired) electrons. The number of hydrogen-bond donors (Lipinski definition) is 1. The molecule has 25 heavy (non-hydrogen) atoms. The van der Waals surface area contributed by atoms with Gasteiger partial charge in [-0.25, -0.2) is 9.67 Å². The summed E-state index contributed by atoms with van der Waals surface area (Å²) in [5.74, 6) is 3.68. The van der Waals surface area contributed by atoms with Crippen LogP contribution in [0, 0.1) is 6.92 Å². The van der Waals surface area contributed by atoms with E-state index in [-0.39, 0.29) is 6.04 Å². The average Bonchev–Trinajstić information content (AvgIpc) is 3.18. The van der Waals surface area contributed by atoms with E-state index in [1.54, 1.807) is 0 Å². The van der Waals surface area contributed by atoms with Crippen LogP contribution in [0.5, 0.6) is 5.75 Å². The zero-order valence-electron chi connectivity index (χ0n) is 15.0. The second-order valence-electron chi connectivity index (χ2n) is 6.64. The lowest BCUT2D eigenvalue weighted by molar-refractivity contribution is 0.313. The van der Waals surface area contributed by atoms with Crippen molar-refractivity contribution in [1.29, 1.82) is 0 Å². The first kappa shape index (κ1) is 16.1. The molecule has 132 valence electrons. The van der Waals surface area contributed by atoms with Gasteiger partial charge in [0.2, 0.25) is 0 Å². The van der Waals surface area contributed by atoms with Crippen molar-refractivity contribution >= 4 is 11.0 Å². The van der Waals surface area contributed by atoms with Crippen molar-refractivity contribution in [2.75, 3.05) is 6.61 Å². The van der Waals surface area contributed by atoms with Gasteiger partial charge < -0.3 is 14.5 Å². The molecule has 1 aliphatic rings. The first-order valence-corrected chi connectivity index (χ1v) is 8.95. The molecule has 0 aliphatic carbocycles. The van der Waals surface area contributed by atoms with Crippen LogP contribution in [0.15, 0.2) is 28.7 Å². The SMILES string of the molecule is CCOc1cccc2cc(C(C)NC3CCc4nc(C)nn4C3)oc12. The van der Waals surface area contributed by atoms with Gasteiger partial charge in [-0.3, -0.25) is 0 Å². The standard InChI is InChI=1S/C19H24N4O2/c1-4-24-16-7-5-6-14-10-17(25-19(14)16)12(2)20-15-8-9-18-21-13(3)22-23(18)11-15/h5-7,10,12,15,20H,4,8-9,11H2,1-3H3. The summed E-state index contributed by atoms with van der Waals surface area (Å²) in [5.41, 5.74) is 0.825. The summed E-state index contributed by atoms with van der Waals surface area (Å²) in [7, 11) is 0. The summed E-state index contributed by atoms with van der Waals surface area (Å²) in [6.45, 7) is 7.55. The van der Waals surface area contributed by atoms with Gasteiger partial charge in [0.05, 0.1) is 19.2 Å². The summed E-state index contributed by atoms with van der Waals surface area (Å²) in [6.07, 6.45) is 2.02. The van der Waals surface area contributed by atoms with Gasteiger partial charge in [-0.15, -0.1) is 0 Å². The summed E-state index contributed by atoms with van der Waals surface area (Å²) >= 11 is 0. The van der Waals surface area contributed by atoms with E-state index in [1.165, 1.54) is 0 Å². The lowest BCUT2D eigenvalue weighted by Gasteiger charge is -2.26. The Morgan fingerprint density at radius 1 is 1.44 bits per heavy atom. The van der Waals surface area contributed by atoms with E-state index in [4.69, 9.17) is 9.15 Å². The van der Waals surface area contributed by atoms with E-state index in [9.17, 15) is 0 Å². The van der Waals surface area contributed by atoms with Crippen molar-refractivity contribution in [3.05, 3.63) is 41.7 Å². The van der Waals surface area contributed by atoms with E-state index in [0.29, 0.717) is 12.6 Å². The number of furan rings is 1. The van der Waals surface area contributed by atoms with Crippen molar-refractivity contribution in [2.24, 2.45) is 0 Å². The lowest BCUT2D eigenvalue weighted by Crippen LogP contribution is -2.39. The predicted molar refractivity (Wildman–Crippen MR) is 95.8 cm³/mol. The average molecular weight is 340 g/mol. The van der Waals surface area contributed by atoms with Crippen molar-refractivity contribution < 1.29 is 9.15 Å². The number of nitrogens with zero attached hydrogens (tertiary/aromatic N) is 3. The summed E-state index contributed by atoms with van der Waals surface area (Å²) in [4.78, 5) is 4.47. The third-order valence-corrected chi connectivity index (χ3v) is 4.70. The molecule has 0 bridgehead atoms. The van der Waals surface area contributed by atoms with E-state index in [0.717, 1.165) is 53.5 Å². The molecule has 0 amide bonds. The van der Waals surface area contributed by atoms with Gasteiger partial charge >= 0.3 is 0 Å². The second-order valence-corrected chi connectivity index (χ2v) is 6.64. The first-order valence-electron chi connectivity index (χ1n) is 8.95. The largest absolute Gasteiger partial charge is 0.490 e. The Kier molecular flexibility index (Phi) is 4.21. The molecule has 3 aromatic rings. The molecule has 0 saturated carbocycles. The number of rotatable bonds is 5. The van der Waals surface area contributed by atoms with Gasteiger partial charge in [0.1, 0.15) is 17.4 Å². The van der Waals surface area contributed by atoms with Gasteiger partial charge in [0, 0.05) is 17.8 Å². The van der Waals surface area contributed by atoms with Crippen molar-refractivity contribution in [1.82, 2.24) is 20.1 Å². The second kappa shape index (κ2) is 6.52. The van der Waals surface area contributed by atoms with E-state index >= 15 is 0 Å². The van der Waals surface area contributed by atoms with E-state index in [1.807, 2.05) is 30.7 Å². The number of aryl methyl sites for hydroxylation is 2. The molecule has 0 saturated heterocycles. The molecule has 2 unspecified atom stereocenters. The third kappa shape index (κ3) is 3.14. The molecule has 4 rings (SSSR count).